The fourth-order valence-electron chi connectivity index (χ4n) is 4.45. The minimum absolute atomic E-state index is 0.0868. The van der Waals surface area contributed by atoms with Gasteiger partial charge in [-0.05, 0) is 42.7 Å². The molecule has 0 aliphatic carbocycles. The Bertz CT molecular complexity index is 1600. The minimum Gasteiger partial charge on any atom is -0.356 e. The van der Waals surface area contributed by atoms with Crippen molar-refractivity contribution >= 4 is 40.1 Å². The molecule has 1 aromatic heterocycles. The van der Waals surface area contributed by atoms with Gasteiger partial charge in [-0.3, -0.25) is 19.7 Å². The number of amides is 2. The van der Waals surface area contributed by atoms with E-state index in [4.69, 9.17) is 0 Å². The molecule has 2 amide bonds. The molecule has 0 saturated carbocycles. The van der Waals surface area contributed by atoms with Crippen molar-refractivity contribution in [3.8, 4) is 11.3 Å². The van der Waals surface area contributed by atoms with Crippen molar-refractivity contribution in [1.29, 1.82) is 0 Å². The molecule has 39 heavy (non-hydrogen) atoms. The molecule has 3 aromatic carbocycles. The Morgan fingerprint density at radius 3 is 2.44 bits per heavy atom. The standard InChI is InChI=1S/C29H26N6O4/c1-17-31-16-26(32-17)20-7-9-22(10-8-20)33-28(21-5-3-19(4-6-21)13-14-30-18(2)36)27-24-15-23(35(38)39)11-12-25(24)34-29(27)37/h3-12,15-16,33H,13-14H2,1-2H3,(H,30,36)(H,31,32)(H,34,37). The summed E-state index contributed by atoms with van der Waals surface area (Å²) in [6.45, 7) is 3.88. The number of aromatic amines is 1. The van der Waals surface area contributed by atoms with Gasteiger partial charge in [-0.1, -0.05) is 36.4 Å². The summed E-state index contributed by atoms with van der Waals surface area (Å²) < 4.78 is 0. The number of rotatable bonds is 8. The fraction of sp³-hybridized carbons (Fsp3) is 0.138. The largest absolute Gasteiger partial charge is 0.356 e. The van der Waals surface area contributed by atoms with Crippen LogP contribution in [0.2, 0.25) is 0 Å². The lowest BCUT2D eigenvalue weighted by atomic mass is 9.98. The molecule has 196 valence electrons. The second kappa shape index (κ2) is 10.6. The van der Waals surface area contributed by atoms with Crippen molar-refractivity contribution in [2.45, 2.75) is 20.3 Å². The van der Waals surface area contributed by atoms with E-state index in [0.29, 0.717) is 35.5 Å². The molecule has 1 aliphatic rings. The van der Waals surface area contributed by atoms with E-state index in [2.05, 4.69) is 25.9 Å². The average molecular weight is 523 g/mol. The molecule has 2 heterocycles. The van der Waals surface area contributed by atoms with E-state index in [-0.39, 0.29) is 17.5 Å². The lowest BCUT2D eigenvalue weighted by Gasteiger charge is -2.16. The van der Waals surface area contributed by atoms with Gasteiger partial charge in [0, 0.05) is 54.3 Å². The Morgan fingerprint density at radius 2 is 1.79 bits per heavy atom. The van der Waals surface area contributed by atoms with Crippen LogP contribution in [0.1, 0.15) is 29.4 Å². The number of nitro groups is 1. The molecule has 4 N–H and O–H groups in total. The molecule has 10 nitrogen and oxygen atoms in total. The Hall–Kier alpha value is -5.25. The van der Waals surface area contributed by atoms with Crippen molar-refractivity contribution in [2.24, 2.45) is 0 Å². The number of nitrogens with zero attached hydrogens (tertiary/aromatic N) is 2. The monoisotopic (exact) mass is 522 g/mol. The SMILES string of the molecule is CC(=O)NCCc1ccc(C(Nc2ccc(-c3c[nH]c(C)n3)cc2)=C2C(=O)Nc3ccc([N+](=O)[O-])cc32)cc1. The highest BCUT2D eigenvalue weighted by Crippen LogP contribution is 2.39. The molecule has 0 saturated heterocycles. The van der Waals surface area contributed by atoms with Crippen molar-refractivity contribution in [2.75, 3.05) is 17.2 Å². The maximum absolute atomic E-state index is 13.2. The van der Waals surface area contributed by atoms with Crippen molar-refractivity contribution in [3.63, 3.8) is 0 Å². The molecule has 0 unspecified atom stereocenters. The quantitative estimate of drug-likeness (QED) is 0.147. The number of aromatic nitrogens is 2. The van der Waals surface area contributed by atoms with Gasteiger partial charge >= 0.3 is 0 Å². The molecular formula is C29H26N6O4. The van der Waals surface area contributed by atoms with E-state index in [1.54, 1.807) is 6.07 Å². The zero-order chi connectivity index (χ0) is 27.5. The first-order valence-electron chi connectivity index (χ1n) is 12.4. The molecule has 10 heteroatoms. The third-order valence-electron chi connectivity index (χ3n) is 6.39. The zero-order valence-corrected chi connectivity index (χ0v) is 21.4. The van der Waals surface area contributed by atoms with Gasteiger partial charge in [-0.25, -0.2) is 4.98 Å². The number of anilines is 2. The molecule has 1 aliphatic heterocycles. The number of hydrogen-bond donors (Lipinski definition) is 4. The second-order valence-corrected chi connectivity index (χ2v) is 9.19. The van der Waals surface area contributed by atoms with E-state index in [9.17, 15) is 19.7 Å². The Balaban J connectivity index is 1.54. The van der Waals surface area contributed by atoms with Gasteiger partial charge in [0.05, 0.1) is 21.9 Å². The van der Waals surface area contributed by atoms with Crippen LogP contribution < -0.4 is 16.0 Å². The van der Waals surface area contributed by atoms with Gasteiger partial charge in [0.25, 0.3) is 11.6 Å². The molecule has 0 bridgehead atoms. The van der Waals surface area contributed by atoms with E-state index in [0.717, 1.165) is 33.9 Å². The Labute approximate surface area is 224 Å². The number of fused-ring (bicyclic) bond motifs is 1. The van der Waals surface area contributed by atoms with Crippen molar-refractivity contribution in [1.82, 2.24) is 15.3 Å². The zero-order valence-electron chi connectivity index (χ0n) is 21.4. The van der Waals surface area contributed by atoms with Gasteiger partial charge in [0.2, 0.25) is 5.91 Å². The number of carbonyl (C=O) groups excluding carboxylic acids is 2. The summed E-state index contributed by atoms with van der Waals surface area (Å²) >= 11 is 0. The molecular weight excluding hydrogens is 496 g/mol. The average Bonchev–Trinajstić information content (AvgIpc) is 3.49. The van der Waals surface area contributed by atoms with Crippen LogP contribution in [0.3, 0.4) is 0 Å². The lowest BCUT2D eigenvalue weighted by molar-refractivity contribution is -0.384. The predicted molar refractivity (Wildman–Crippen MR) is 150 cm³/mol. The maximum Gasteiger partial charge on any atom is 0.270 e. The smallest absolute Gasteiger partial charge is 0.270 e. The summed E-state index contributed by atoms with van der Waals surface area (Å²) in [6, 6.07) is 19.6. The van der Waals surface area contributed by atoms with Crippen LogP contribution in [-0.4, -0.2) is 33.3 Å². The first-order valence-corrected chi connectivity index (χ1v) is 12.4. The number of imidazole rings is 1. The first-order chi connectivity index (χ1) is 18.8. The molecule has 0 fully saturated rings. The van der Waals surface area contributed by atoms with Crippen LogP contribution in [-0.2, 0) is 16.0 Å². The van der Waals surface area contributed by atoms with Gasteiger partial charge in [0.1, 0.15) is 5.82 Å². The highest BCUT2D eigenvalue weighted by Gasteiger charge is 2.30. The number of nitro benzene ring substituents is 1. The van der Waals surface area contributed by atoms with Gasteiger partial charge in [-0.2, -0.15) is 0 Å². The van der Waals surface area contributed by atoms with Crippen LogP contribution in [0, 0.1) is 17.0 Å². The van der Waals surface area contributed by atoms with Crippen LogP contribution in [0.5, 0.6) is 0 Å². The van der Waals surface area contributed by atoms with E-state index in [1.165, 1.54) is 19.1 Å². The first kappa shape index (κ1) is 25.4. The maximum atomic E-state index is 13.2. The summed E-state index contributed by atoms with van der Waals surface area (Å²) in [7, 11) is 0. The molecule has 4 aromatic rings. The Kier molecular flexibility index (Phi) is 6.92. The second-order valence-electron chi connectivity index (χ2n) is 9.19. The molecule has 0 radical (unpaired) electrons. The van der Waals surface area contributed by atoms with Crippen molar-refractivity contribution < 1.29 is 14.5 Å². The van der Waals surface area contributed by atoms with Gasteiger partial charge in [0.15, 0.2) is 0 Å². The van der Waals surface area contributed by atoms with Crippen LogP contribution in [0.4, 0.5) is 17.1 Å². The number of carbonyl (C=O) groups is 2. The van der Waals surface area contributed by atoms with Gasteiger partial charge in [-0.15, -0.1) is 0 Å². The van der Waals surface area contributed by atoms with E-state index < -0.39 is 4.92 Å². The number of nitrogens with one attached hydrogen (secondary N) is 4. The highest BCUT2D eigenvalue weighted by molar-refractivity contribution is 6.37. The third-order valence-corrected chi connectivity index (χ3v) is 6.39. The van der Waals surface area contributed by atoms with Crippen LogP contribution >= 0.6 is 0 Å². The number of benzene rings is 3. The van der Waals surface area contributed by atoms with E-state index >= 15 is 0 Å². The van der Waals surface area contributed by atoms with E-state index in [1.807, 2.05) is 61.7 Å². The number of hydrogen-bond acceptors (Lipinski definition) is 6. The normalized spacial score (nSPS) is 13.4. The Morgan fingerprint density at radius 1 is 1.05 bits per heavy atom. The lowest BCUT2D eigenvalue weighted by Crippen LogP contribution is -2.22. The summed E-state index contributed by atoms with van der Waals surface area (Å²) in [6.07, 6.45) is 2.49. The predicted octanol–water partition coefficient (Wildman–Crippen LogP) is 4.90. The van der Waals surface area contributed by atoms with Gasteiger partial charge < -0.3 is 20.9 Å². The molecule has 0 atom stereocenters. The van der Waals surface area contributed by atoms with Crippen LogP contribution in [0.15, 0.2) is 72.9 Å². The third kappa shape index (κ3) is 5.54. The number of non-ortho nitro benzene ring substituents is 1. The summed E-state index contributed by atoms with van der Waals surface area (Å²) in [5.74, 6) is 0.377. The molecule has 5 rings (SSSR count). The summed E-state index contributed by atoms with van der Waals surface area (Å²) in [4.78, 5) is 42.9. The molecule has 0 spiro atoms. The topological polar surface area (TPSA) is 142 Å². The number of H-pyrrole nitrogens is 1. The fourth-order valence-corrected chi connectivity index (χ4v) is 4.45. The summed E-state index contributed by atoms with van der Waals surface area (Å²) in [5.41, 5.74) is 5.92. The highest BCUT2D eigenvalue weighted by atomic mass is 16.6. The summed E-state index contributed by atoms with van der Waals surface area (Å²) in [5, 5.41) is 20.5. The number of aryl methyl sites for hydroxylation is 1. The van der Waals surface area contributed by atoms with Crippen molar-refractivity contribution in [3.05, 3.63) is 106 Å². The van der Waals surface area contributed by atoms with Crippen LogP contribution in [0.25, 0.3) is 22.5 Å². The minimum atomic E-state index is -0.479.